The number of aromatic nitrogens is 2. The molecule has 3 heterocycles. The van der Waals surface area contributed by atoms with E-state index in [9.17, 15) is 9.59 Å². The van der Waals surface area contributed by atoms with Crippen molar-refractivity contribution in [3.05, 3.63) is 65.1 Å². The summed E-state index contributed by atoms with van der Waals surface area (Å²) in [6.07, 6.45) is 5.61. The number of carbonyl (C=O) groups excluding carboxylic acids is 2. The number of pyridine rings is 1. The summed E-state index contributed by atoms with van der Waals surface area (Å²) in [6.45, 7) is 7.32. The van der Waals surface area contributed by atoms with Crippen molar-refractivity contribution in [1.82, 2.24) is 14.3 Å². The molecule has 3 aromatic rings. The van der Waals surface area contributed by atoms with Crippen molar-refractivity contribution >= 4 is 17.5 Å². The van der Waals surface area contributed by atoms with Crippen LogP contribution >= 0.6 is 0 Å². The van der Waals surface area contributed by atoms with E-state index in [0.717, 1.165) is 25.2 Å². The molecule has 4 rings (SSSR count). The fourth-order valence-corrected chi connectivity index (χ4v) is 4.05. The van der Waals surface area contributed by atoms with Gasteiger partial charge in [-0.1, -0.05) is 24.6 Å². The maximum absolute atomic E-state index is 11.6. The quantitative estimate of drug-likeness (QED) is 0.574. The second-order valence-electron chi connectivity index (χ2n) is 7.89. The molecule has 8 nitrogen and oxygen atoms in total. The van der Waals surface area contributed by atoms with Crippen LogP contribution in [0.4, 0.5) is 0 Å². The third kappa shape index (κ3) is 5.90. The van der Waals surface area contributed by atoms with Crippen molar-refractivity contribution in [3.63, 3.8) is 0 Å². The average Bonchev–Trinajstić information content (AvgIpc) is 3.17. The van der Waals surface area contributed by atoms with Crippen molar-refractivity contribution in [3.8, 4) is 5.75 Å². The number of aryl methyl sites for hydroxylation is 1. The summed E-state index contributed by atoms with van der Waals surface area (Å²) < 4.78 is 11.9. The number of rotatable bonds is 6. The predicted octanol–water partition coefficient (Wildman–Crippen LogP) is 3.60. The number of nitrogens with zero attached hydrogens (tertiary/aromatic N) is 3. The highest BCUT2D eigenvalue weighted by molar-refractivity contribution is 5.93. The van der Waals surface area contributed by atoms with Gasteiger partial charge >= 0.3 is 5.97 Å². The zero-order valence-electron chi connectivity index (χ0n) is 19.5. The number of esters is 1. The Labute approximate surface area is 194 Å². The van der Waals surface area contributed by atoms with Crippen LogP contribution in [-0.4, -0.2) is 53.0 Å². The first kappa shape index (κ1) is 24.3. The van der Waals surface area contributed by atoms with E-state index in [2.05, 4.69) is 9.88 Å². The Morgan fingerprint density at radius 2 is 1.82 bits per heavy atom. The van der Waals surface area contributed by atoms with E-state index in [1.165, 1.54) is 26.4 Å². The molecular formula is C25H32N4O4. The summed E-state index contributed by atoms with van der Waals surface area (Å²) in [6, 6.07) is 11.3. The van der Waals surface area contributed by atoms with Gasteiger partial charge in [0, 0.05) is 12.7 Å². The molecule has 0 atom stereocenters. The van der Waals surface area contributed by atoms with E-state index in [-0.39, 0.29) is 5.97 Å². The molecule has 1 aromatic carbocycles. The fourth-order valence-electron chi connectivity index (χ4n) is 4.05. The number of benzene rings is 1. The van der Waals surface area contributed by atoms with Crippen molar-refractivity contribution in [2.45, 2.75) is 39.7 Å². The molecule has 0 radical (unpaired) electrons. The third-order valence-corrected chi connectivity index (χ3v) is 5.59. The highest BCUT2D eigenvalue weighted by Gasteiger charge is 2.17. The zero-order chi connectivity index (χ0) is 23.8. The van der Waals surface area contributed by atoms with Crippen LogP contribution in [0.15, 0.2) is 42.6 Å². The van der Waals surface area contributed by atoms with Crippen molar-refractivity contribution in [2.75, 3.05) is 26.8 Å². The summed E-state index contributed by atoms with van der Waals surface area (Å²) in [5, 5.41) is 0. The number of amides is 1. The Morgan fingerprint density at radius 3 is 2.48 bits per heavy atom. The summed E-state index contributed by atoms with van der Waals surface area (Å²) in [5.74, 6) is -0.0724. The lowest BCUT2D eigenvalue weighted by atomic mass is 10.1. The minimum absolute atomic E-state index is 0.238. The second kappa shape index (κ2) is 11.5. The fraction of sp³-hybridized carbons (Fsp3) is 0.400. The normalized spacial score (nSPS) is 13.8. The van der Waals surface area contributed by atoms with Gasteiger partial charge in [0.15, 0.2) is 11.4 Å². The molecule has 8 heteroatoms. The smallest absolute Gasteiger partial charge is 0.338 e. The number of ether oxygens (including phenoxy) is 2. The van der Waals surface area contributed by atoms with E-state index in [1.54, 1.807) is 23.6 Å². The monoisotopic (exact) mass is 452 g/mol. The molecule has 33 heavy (non-hydrogen) atoms. The van der Waals surface area contributed by atoms with Gasteiger partial charge in [0.2, 0.25) is 0 Å². The molecule has 0 spiro atoms. The number of nitrogens with two attached hydrogens (primary N) is 1. The molecule has 0 aliphatic carbocycles. The molecule has 176 valence electrons. The highest BCUT2D eigenvalue weighted by Crippen LogP contribution is 2.21. The number of carbonyl (C=O) groups is 2. The van der Waals surface area contributed by atoms with Gasteiger partial charge in [0.05, 0.1) is 25.0 Å². The minimum Gasteiger partial charge on any atom is -0.490 e. The zero-order valence-corrected chi connectivity index (χ0v) is 19.5. The molecule has 1 saturated heterocycles. The van der Waals surface area contributed by atoms with E-state index in [4.69, 9.17) is 15.2 Å². The van der Waals surface area contributed by atoms with Crippen LogP contribution in [0.3, 0.4) is 0 Å². The van der Waals surface area contributed by atoms with Crippen molar-refractivity contribution in [2.24, 2.45) is 5.73 Å². The Bertz CT molecular complexity index is 1100. The lowest BCUT2D eigenvalue weighted by molar-refractivity contribution is 0.0597. The van der Waals surface area contributed by atoms with E-state index in [0.29, 0.717) is 35.0 Å². The van der Waals surface area contributed by atoms with Crippen LogP contribution in [0, 0.1) is 6.92 Å². The predicted molar refractivity (Wildman–Crippen MR) is 127 cm³/mol. The first-order chi connectivity index (χ1) is 16.0. The van der Waals surface area contributed by atoms with E-state index < -0.39 is 5.91 Å². The third-order valence-electron chi connectivity index (χ3n) is 5.59. The number of methoxy groups -OCH3 is 1. The SMILES string of the molecule is CCOc1cccn2c(C(N)=O)c(C)nc12.COC(=O)c1ccccc1CN1CCCCC1. The molecule has 2 aromatic heterocycles. The number of hydrogen-bond acceptors (Lipinski definition) is 6. The van der Waals surface area contributed by atoms with Crippen LogP contribution < -0.4 is 10.5 Å². The van der Waals surface area contributed by atoms with Gasteiger partial charge in [-0.3, -0.25) is 14.1 Å². The largest absolute Gasteiger partial charge is 0.490 e. The van der Waals surface area contributed by atoms with Gasteiger partial charge < -0.3 is 15.2 Å². The van der Waals surface area contributed by atoms with Gasteiger partial charge in [0.25, 0.3) is 5.91 Å². The Morgan fingerprint density at radius 1 is 1.09 bits per heavy atom. The number of likely N-dealkylation sites (tertiary alicyclic amines) is 1. The lowest BCUT2D eigenvalue weighted by Crippen LogP contribution is -2.29. The summed E-state index contributed by atoms with van der Waals surface area (Å²) in [4.78, 5) is 29.6. The van der Waals surface area contributed by atoms with Crippen LogP contribution in [0.25, 0.3) is 5.65 Å². The lowest BCUT2D eigenvalue weighted by Gasteiger charge is -2.27. The maximum Gasteiger partial charge on any atom is 0.338 e. The molecule has 1 amide bonds. The molecule has 0 saturated carbocycles. The molecule has 0 unspecified atom stereocenters. The van der Waals surface area contributed by atoms with Gasteiger partial charge in [-0.05, 0) is 63.5 Å². The summed E-state index contributed by atoms with van der Waals surface area (Å²) in [5.41, 5.74) is 8.71. The molecule has 1 aliphatic heterocycles. The maximum atomic E-state index is 11.6. The average molecular weight is 453 g/mol. The Balaban J connectivity index is 0.000000186. The number of piperidine rings is 1. The number of primary amides is 1. The van der Waals surface area contributed by atoms with Gasteiger partial charge in [-0.2, -0.15) is 0 Å². The second-order valence-corrected chi connectivity index (χ2v) is 7.89. The first-order valence-corrected chi connectivity index (χ1v) is 11.2. The molecule has 2 N–H and O–H groups in total. The minimum atomic E-state index is -0.487. The van der Waals surface area contributed by atoms with E-state index >= 15 is 0 Å². The highest BCUT2D eigenvalue weighted by atomic mass is 16.5. The van der Waals surface area contributed by atoms with Gasteiger partial charge in [-0.15, -0.1) is 0 Å². The van der Waals surface area contributed by atoms with Crippen molar-refractivity contribution < 1.29 is 19.1 Å². The summed E-state index contributed by atoms with van der Waals surface area (Å²) >= 11 is 0. The van der Waals surface area contributed by atoms with Crippen molar-refractivity contribution in [1.29, 1.82) is 0 Å². The van der Waals surface area contributed by atoms with Gasteiger partial charge in [-0.25, -0.2) is 9.78 Å². The molecular weight excluding hydrogens is 420 g/mol. The standard InChI is InChI=1S/C14H19NO2.C11H13N3O2/c1-17-14(16)13-8-4-3-7-12(13)11-15-9-5-2-6-10-15;1-3-16-8-5-4-6-14-9(10(12)15)7(2)13-11(8)14/h3-4,7-8H,2,5-6,9-11H2,1H3;4-6H,3H2,1-2H3,(H2,12,15). The summed E-state index contributed by atoms with van der Waals surface area (Å²) in [7, 11) is 1.43. The van der Waals surface area contributed by atoms with Gasteiger partial charge in [0.1, 0.15) is 5.69 Å². The molecule has 1 fully saturated rings. The number of fused-ring (bicyclic) bond motifs is 1. The Kier molecular flexibility index (Phi) is 8.43. The first-order valence-electron chi connectivity index (χ1n) is 11.2. The van der Waals surface area contributed by atoms with Crippen LogP contribution in [-0.2, 0) is 11.3 Å². The van der Waals surface area contributed by atoms with Crippen LogP contribution in [0.5, 0.6) is 5.75 Å². The van der Waals surface area contributed by atoms with Crippen LogP contribution in [0.1, 0.15) is 58.3 Å². The Hall–Kier alpha value is -3.39. The molecule has 0 bridgehead atoms. The number of hydrogen-bond donors (Lipinski definition) is 1. The molecule has 1 aliphatic rings. The van der Waals surface area contributed by atoms with Crippen LogP contribution in [0.2, 0.25) is 0 Å². The van der Waals surface area contributed by atoms with E-state index in [1.807, 2.05) is 37.3 Å². The topological polar surface area (TPSA) is 99.2 Å². The number of imidazole rings is 1.